The number of esters is 3. The van der Waals surface area contributed by atoms with E-state index in [4.69, 9.17) is 18.9 Å². The molecule has 1 aliphatic heterocycles. The van der Waals surface area contributed by atoms with E-state index < -0.39 is 42.5 Å². The lowest BCUT2D eigenvalue weighted by Crippen LogP contribution is -2.41. The molecule has 1 fully saturated rings. The maximum absolute atomic E-state index is 12.4. The number of aliphatic hydroxyl groups is 1. The third-order valence-corrected chi connectivity index (χ3v) is 4.23. The van der Waals surface area contributed by atoms with Gasteiger partial charge in [0.05, 0.1) is 11.1 Å². The van der Waals surface area contributed by atoms with Crippen molar-refractivity contribution in [1.29, 1.82) is 0 Å². The highest BCUT2D eigenvalue weighted by Crippen LogP contribution is 2.27. The van der Waals surface area contributed by atoms with E-state index in [1.165, 1.54) is 0 Å². The summed E-state index contributed by atoms with van der Waals surface area (Å²) in [6, 6.07) is 16.5. The van der Waals surface area contributed by atoms with Gasteiger partial charge in [0.25, 0.3) is 0 Å². The number of benzene rings is 2. The molecular weight excluding hydrogens is 380 g/mol. The van der Waals surface area contributed by atoms with Crippen LogP contribution in [0.1, 0.15) is 27.6 Å². The van der Waals surface area contributed by atoms with E-state index in [9.17, 15) is 19.5 Å². The Balaban J connectivity index is 1.72. The molecule has 2 aromatic carbocycles. The molecule has 4 atom stereocenters. The Morgan fingerprint density at radius 1 is 0.862 bits per heavy atom. The summed E-state index contributed by atoms with van der Waals surface area (Å²) in [5.74, 6) is -1.97. The molecule has 1 aliphatic rings. The number of hydrogen-bond donors (Lipinski definition) is 1. The molecule has 2 aromatic rings. The monoisotopic (exact) mass is 400 g/mol. The average Bonchev–Trinajstić information content (AvgIpc) is 3.01. The van der Waals surface area contributed by atoms with Gasteiger partial charge in [-0.1, -0.05) is 36.4 Å². The Kier molecular flexibility index (Phi) is 6.58. The van der Waals surface area contributed by atoms with Crippen LogP contribution in [0.3, 0.4) is 0 Å². The molecule has 8 heteroatoms. The van der Waals surface area contributed by atoms with Gasteiger partial charge >= 0.3 is 17.9 Å². The van der Waals surface area contributed by atoms with Crippen LogP contribution in [0.25, 0.3) is 0 Å². The van der Waals surface area contributed by atoms with E-state index >= 15 is 0 Å². The largest absolute Gasteiger partial charge is 0.459 e. The lowest BCUT2D eigenvalue weighted by atomic mass is 10.1. The second-order valence-electron chi connectivity index (χ2n) is 6.34. The normalized spacial score (nSPS) is 23.2. The van der Waals surface area contributed by atoms with Crippen LogP contribution < -0.4 is 0 Å². The van der Waals surface area contributed by atoms with E-state index in [0.717, 1.165) is 6.92 Å². The summed E-state index contributed by atoms with van der Waals surface area (Å²) >= 11 is 0. The van der Waals surface area contributed by atoms with Crippen molar-refractivity contribution in [2.24, 2.45) is 0 Å². The molecule has 0 bridgehead atoms. The molecule has 0 spiro atoms. The van der Waals surface area contributed by atoms with Crippen LogP contribution in [-0.4, -0.2) is 54.2 Å². The highest BCUT2D eigenvalue weighted by molar-refractivity contribution is 5.90. The Bertz CT molecular complexity index is 851. The van der Waals surface area contributed by atoms with Crippen molar-refractivity contribution in [1.82, 2.24) is 0 Å². The zero-order valence-electron chi connectivity index (χ0n) is 15.6. The van der Waals surface area contributed by atoms with Gasteiger partial charge in [-0.05, 0) is 24.3 Å². The summed E-state index contributed by atoms with van der Waals surface area (Å²) in [5.41, 5.74) is 0.607. The number of rotatable bonds is 6. The number of ether oxygens (including phenoxy) is 4. The number of hydrogen-bond acceptors (Lipinski definition) is 8. The molecule has 0 saturated carbocycles. The fraction of sp³-hybridized carbons (Fsp3) is 0.286. The predicted octanol–water partition coefficient (Wildman–Crippen LogP) is 1.72. The van der Waals surface area contributed by atoms with Crippen LogP contribution in [0, 0.1) is 0 Å². The molecule has 1 N–H and O–H groups in total. The van der Waals surface area contributed by atoms with Crippen LogP contribution in [0.15, 0.2) is 60.7 Å². The fourth-order valence-electron chi connectivity index (χ4n) is 2.88. The molecule has 3 unspecified atom stereocenters. The maximum Gasteiger partial charge on any atom is 0.338 e. The summed E-state index contributed by atoms with van der Waals surface area (Å²) in [6.07, 6.45) is -4.96. The van der Waals surface area contributed by atoms with Crippen LogP contribution in [0.4, 0.5) is 0 Å². The van der Waals surface area contributed by atoms with Crippen LogP contribution in [0.5, 0.6) is 0 Å². The third kappa shape index (κ3) is 5.18. The van der Waals surface area contributed by atoms with Gasteiger partial charge in [-0.2, -0.15) is 0 Å². The molecule has 0 aliphatic carbocycles. The fourth-order valence-corrected chi connectivity index (χ4v) is 2.88. The third-order valence-electron chi connectivity index (χ3n) is 4.23. The van der Waals surface area contributed by atoms with Crippen molar-refractivity contribution in [3.8, 4) is 0 Å². The Morgan fingerprint density at radius 2 is 1.41 bits per heavy atom. The molecule has 0 aromatic heterocycles. The van der Waals surface area contributed by atoms with Gasteiger partial charge < -0.3 is 24.1 Å². The Hall–Kier alpha value is -3.23. The van der Waals surface area contributed by atoms with Gasteiger partial charge in [-0.15, -0.1) is 0 Å². The standard InChI is InChI=1S/C21H20O8/c1-13(22)27-18-17(29-20(24)15-10-6-3-7-11-15)16(28-21(18)25)12-26-19(23)14-8-4-2-5-9-14/h2-11,16-18,21,25H,12H2,1H3/t16-,17?,18?,21?/m0/s1. The predicted molar refractivity (Wildman–Crippen MR) is 98.8 cm³/mol. The second-order valence-corrected chi connectivity index (χ2v) is 6.34. The first-order valence-electron chi connectivity index (χ1n) is 8.94. The van der Waals surface area contributed by atoms with Crippen molar-refractivity contribution < 1.29 is 38.4 Å². The summed E-state index contributed by atoms with van der Waals surface area (Å²) in [4.78, 5) is 36.0. The maximum atomic E-state index is 12.4. The topological polar surface area (TPSA) is 108 Å². The highest BCUT2D eigenvalue weighted by atomic mass is 16.7. The minimum Gasteiger partial charge on any atom is -0.459 e. The van der Waals surface area contributed by atoms with Gasteiger partial charge in [0.15, 0.2) is 18.5 Å². The van der Waals surface area contributed by atoms with Crippen LogP contribution in [0.2, 0.25) is 0 Å². The summed E-state index contributed by atoms with van der Waals surface area (Å²) in [5, 5.41) is 10.1. The minimum absolute atomic E-state index is 0.274. The average molecular weight is 400 g/mol. The van der Waals surface area contributed by atoms with Gasteiger partial charge in [0.1, 0.15) is 12.7 Å². The van der Waals surface area contributed by atoms with Crippen molar-refractivity contribution in [3.63, 3.8) is 0 Å². The molecule has 0 radical (unpaired) electrons. The highest BCUT2D eigenvalue weighted by Gasteiger charge is 2.49. The smallest absolute Gasteiger partial charge is 0.338 e. The molecule has 29 heavy (non-hydrogen) atoms. The first-order valence-corrected chi connectivity index (χ1v) is 8.94. The Morgan fingerprint density at radius 3 is 1.97 bits per heavy atom. The number of aliphatic hydroxyl groups excluding tert-OH is 1. The summed E-state index contributed by atoms with van der Waals surface area (Å²) in [7, 11) is 0. The first kappa shape index (κ1) is 20.5. The number of carbonyl (C=O) groups is 3. The molecule has 1 heterocycles. The summed E-state index contributed by atoms with van der Waals surface area (Å²) < 4.78 is 21.1. The quantitative estimate of drug-likeness (QED) is 0.577. The van der Waals surface area contributed by atoms with E-state index in [1.54, 1.807) is 60.7 Å². The van der Waals surface area contributed by atoms with Crippen molar-refractivity contribution >= 4 is 17.9 Å². The van der Waals surface area contributed by atoms with Crippen LogP contribution in [-0.2, 0) is 23.7 Å². The second kappa shape index (κ2) is 9.31. The first-order chi connectivity index (χ1) is 14.0. The molecule has 152 valence electrons. The van der Waals surface area contributed by atoms with E-state index in [0.29, 0.717) is 5.56 Å². The van der Waals surface area contributed by atoms with Gasteiger partial charge in [-0.3, -0.25) is 4.79 Å². The molecule has 0 amide bonds. The lowest BCUT2D eigenvalue weighted by Gasteiger charge is -2.22. The minimum atomic E-state index is -1.53. The van der Waals surface area contributed by atoms with E-state index in [1.807, 2.05) is 0 Å². The SMILES string of the molecule is CC(=O)OC1C(O)O[C@@H](COC(=O)c2ccccc2)C1OC(=O)c1ccccc1. The lowest BCUT2D eigenvalue weighted by molar-refractivity contribution is -0.170. The van der Waals surface area contributed by atoms with Gasteiger partial charge in [-0.25, -0.2) is 9.59 Å². The van der Waals surface area contributed by atoms with Gasteiger partial charge in [0, 0.05) is 6.92 Å². The van der Waals surface area contributed by atoms with E-state index in [-0.39, 0.29) is 12.2 Å². The zero-order chi connectivity index (χ0) is 20.8. The Labute approximate surface area is 167 Å². The van der Waals surface area contributed by atoms with Crippen LogP contribution >= 0.6 is 0 Å². The van der Waals surface area contributed by atoms with Crippen molar-refractivity contribution in [3.05, 3.63) is 71.8 Å². The summed E-state index contributed by atoms with van der Waals surface area (Å²) in [6.45, 7) is 0.848. The zero-order valence-corrected chi connectivity index (χ0v) is 15.6. The van der Waals surface area contributed by atoms with E-state index in [2.05, 4.69) is 0 Å². The molecule has 8 nitrogen and oxygen atoms in total. The molecular formula is C21H20O8. The van der Waals surface area contributed by atoms with Crippen molar-refractivity contribution in [2.75, 3.05) is 6.61 Å². The van der Waals surface area contributed by atoms with Gasteiger partial charge in [0.2, 0.25) is 0 Å². The number of carbonyl (C=O) groups excluding carboxylic acids is 3. The molecule has 3 rings (SSSR count). The van der Waals surface area contributed by atoms with Crippen molar-refractivity contribution in [2.45, 2.75) is 31.5 Å². The molecule has 1 saturated heterocycles.